The Morgan fingerprint density at radius 1 is 1.19 bits per heavy atom. The van der Waals surface area contributed by atoms with E-state index in [1.165, 1.54) is 12.0 Å². The molecule has 6 nitrogen and oxygen atoms in total. The van der Waals surface area contributed by atoms with E-state index in [4.69, 9.17) is 16.3 Å². The molecule has 1 aliphatic rings. The van der Waals surface area contributed by atoms with Gasteiger partial charge in [-0.1, -0.05) is 39.7 Å². The fraction of sp³-hybridized carbons (Fsp3) is 0.125. The second-order valence-corrected chi connectivity index (χ2v) is 8.59. The van der Waals surface area contributed by atoms with E-state index in [0.717, 1.165) is 10.0 Å². The number of Topliss-reactive ketones (excluding diaryl/α,β-unsaturated/α-hetero) is 1. The van der Waals surface area contributed by atoms with Gasteiger partial charge in [0.25, 0.3) is 11.7 Å². The van der Waals surface area contributed by atoms with Gasteiger partial charge in [-0.3, -0.25) is 19.5 Å². The van der Waals surface area contributed by atoms with Crippen molar-refractivity contribution in [3.05, 3.63) is 92.7 Å². The number of aromatic nitrogens is 1. The van der Waals surface area contributed by atoms with Gasteiger partial charge >= 0.3 is 0 Å². The van der Waals surface area contributed by atoms with Crippen LogP contribution in [0.1, 0.15) is 22.7 Å². The van der Waals surface area contributed by atoms with Gasteiger partial charge in [-0.15, -0.1) is 0 Å². The first-order chi connectivity index (χ1) is 15.3. The minimum atomic E-state index is -0.887. The van der Waals surface area contributed by atoms with Gasteiger partial charge in [0.15, 0.2) is 0 Å². The lowest BCUT2D eigenvalue weighted by Gasteiger charge is -2.25. The van der Waals surface area contributed by atoms with Gasteiger partial charge in [-0.25, -0.2) is 0 Å². The van der Waals surface area contributed by atoms with Crippen LogP contribution >= 0.6 is 27.5 Å². The Morgan fingerprint density at radius 3 is 2.62 bits per heavy atom. The molecule has 162 valence electrons. The number of pyridine rings is 1. The van der Waals surface area contributed by atoms with E-state index in [0.29, 0.717) is 11.3 Å². The van der Waals surface area contributed by atoms with Crippen LogP contribution in [-0.4, -0.2) is 28.9 Å². The summed E-state index contributed by atoms with van der Waals surface area (Å²) in [7, 11) is 1.42. The first-order valence-electron chi connectivity index (χ1n) is 9.64. The van der Waals surface area contributed by atoms with Crippen molar-refractivity contribution in [2.45, 2.75) is 13.0 Å². The minimum absolute atomic E-state index is 0.0667. The summed E-state index contributed by atoms with van der Waals surface area (Å²) in [5.74, 6) is -1.71. The lowest BCUT2D eigenvalue weighted by molar-refractivity contribution is -0.132. The molecule has 1 aromatic heterocycles. The number of anilines is 1. The van der Waals surface area contributed by atoms with Crippen molar-refractivity contribution in [3.63, 3.8) is 0 Å². The number of rotatable bonds is 4. The Morgan fingerprint density at radius 2 is 1.97 bits per heavy atom. The van der Waals surface area contributed by atoms with E-state index in [1.807, 2.05) is 6.07 Å². The van der Waals surface area contributed by atoms with E-state index in [1.54, 1.807) is 61.8 Å². The summed E-state index contributed by atoms with van der Waals surface area (Å²) in [5, 5.41) is 11.6. The monoisotopic (exact) mass is 512 g/mol. The lowest BCUT2D eigenvalue weighted by atomic mass is 9.95. The highest BCUT2D eigenvalue weighted by molar-refractivity contribution is 9.10. The van der Waals surface area contributed by atoms with Crippen LogP contribution in [0.3, 0.4) is 0 Å². The molecule has 4 rings (SSSR count). The Balaban J connectivity index is 2.01. The zero-order valence-corrected chi connectivity index (χ0v) is 19.5. The molecule has 1 aliphatic heterocycles. The maximum atomic E-state index is 13.2. The molecule has 1 amide bonds. The van der Waals surface area contributed by atoms with Crippen LogP contribution in [0, 0.1) is 6.92 Å². The number of halogens is 2. The first kappa shape index (κ1) is 22.0. The zero-order chi connectivity index (χ0) is 23.0. The average molecular weight is 514 g/mol. The summed E-state index contributed by atoms with van der Waals surface area (Å²) in [6.07, 6.45) is 3.16. The summed E-state index contributed by atoms with van der Waals surface area (Å²) in [4.78, 5) is 31.9. The number of aliphatic hydroxyl groups excluding tert-OH is 1. The van der Waals surface area contributed by atoms with Gasteiger partial charge in [0, 0.05) is 22.6 Å². The van der Waals surface area contributed by atoms with Crippen LogP contribution in [0.4, 0.5) is 5.69 Å². The summed E-state index contributed by atoms with van der Waals surface area (Å²) >= 11 is 9.72. The first-order valence-corrected chi connectivity index (χ1v) is 10.8. The van der Waals surface area contributed by atoms with E-state index < -0.39 is 17.7 Å². The molecule has 0 aliphatic carbocycles. The van der Waals surface area contributed by atoms with Crippen molar-refractivity contribution in [1.82, 2.24) is 4.98 Å². The Hall–Kier alpha value is -3.16. The third-order valence-corrected chi connectivity index (χ3v) is 5.95. The molecule has 1 unspecified atom stereocenters. The van der Waals surface area contributed by atoms with Gasteiger partial charge < -0.3 is 9.84 Å². The zero-order valence-electron chi connectivity index (χ0n) is 17.2. The number of benzene rings is 2. The fourth-order valence-electron chi connectivity index (χ4n) is 3.84. The summed E-state index contributed by atoms with van der Waals surface area (Å²) < 4.78 is 6.13. The molecule has 8 heteroatoms. The van der Waals surface area contributed by atoms with E-state index >= 15 is 0 Å². The van der Waals surface area contributed by atoms with Crippen molar-refractivity contribution in [2.24, 2.45) is 0 Å². The maximum absolute atomic E-state index is 13.2. The lowest BCUT2D eigenvalue weighted by Crippen LogP contribution is -2.29. The number of hydrogen-bond acceptors (Lipinski definition) is 5. The van der Waals surface area contributed by atoms with Crippen molar-refractivity contribution in [1.29, 1.82) is 0 Å². The molecule has 0 saturated carbocycles. The molecule has 0 spiro atoms. The van der Waals surface area contributed by atoms with Gasteiger partial charge in [0.1, 0.15) is 11.5 Å². The Labute approximate surface area is 198 Å². The van der Waals surface area contributed by atoms with Crippen molar-refractivity contribution in [3.8, 4) is 5.75 Å². The van der Waals surface area contributed by atoms with E-state index in [2.05, 4.69) is 20.9 Å². The average Bonchev–Trinajstić information content (AvgIpc) is 3.04. The molecule has 32 heavy (non-hydrogen) atoms. The van der Waals surface area contributed by atoms with Gasteiger partial charge in [-0.05, 0) is 54.4 Å². The summed E-state index contributed by atoms with van der Waals surface area (Å²) in [5.41, 5.74) is 2.01. The number of methoxy groups -OCH3 is 1. The largest absolute Gasteiger partial charge is 0.507 e. The molecular formula is C24H18BrClN2O4. The van der Waals surface area contributed by atoms with E-state index in [9.17, 15) is 14.7 Å². The van der Waals surface area contributed by atoms with Gasteiger partial charge in [0.2, 0.25) is 0 Å². The predicted octanol–water partition coefficient (Wildman–Crippen LogP) is 5.44. The van der Waals surface area contributed by atoms with E-state index in [-0.39, 0.29) is 27.7 Å². The second-order valence-electron chi connectivity index (χ2n) is 7.26. The molecule has 2 heterocycles. The van der Waals surface area contributed by atoms with Crippen LogP contribution in [0.2, 0.25) is 5.02 Å². The van der Waals surface area contributed by atoms with Crippen LogP contribution in [-0.2, 0) is 9.59 Å². The normalized spacial score (nSPS) is 17.6. The highest BCUT2D eigenvalue weighted by Crippen LogP contribution is 2.44. The Kier molecular flexibility index (Phi) is 6.04. The third kappa shape index (κ3) is 3.78. The summed E-state index contributed by atoms with van der Waals surface area (Å²) in [6.45, 7) is 1.81. The highest BCUT2D eigenvalue weighted by atomic mass is 79.9. The SMILES string of the molecule is COc1c(Cl)cc(C)cc1/C(O)=C1\C(=O)C(=O)N(c2cccc(Br)c2)C1c1cccnc1. The van der Waals surface area contributed by atoms with Crippen LogP contribution in [0.15, 0.2) is 71.0 Å². The third-order valence-electron chi connectivity index (χ3n) is 5.18. The standard InChI is InChI=1S/C24H18BrClN2O4/c1-13-9-17(23(32-2)18(26)10-13)21(29)19-20(14-5-4-8-27-12-14)28(24(31)22(19)30)16-7-3-6-15(25)11-16/h3-12,20,29H,1-2H3/b21-19+. The number of carbonyl (C=O) groups is 2. The smallest absolute Gasteiger partial charge is 0.300 e. The highest BCUT2D eigenvalue weighted by Gasteiger charge is 2.47. The Bertz CT molecular complexity index is 1260. The predicted molar refractivity (Wildman–Crippen MR) is 126 cm³/mol. The molecule has 0 radical (unpaired) electrons. The molecule has 2 aromatic carbocycles. The summed E-state index contributed by atoms with van der Waals surface area (Å²) in [6, 6.07) is 13.0. The van der Waals surface area contributed by atoms with Crippen LogP contribution in [0.25, 0.3) is 5.76 Å². The molecule has 1 saturated heterocycles. The number of amides is 1. The van der Waals surface area contributed by atoms with Crippen LogP contribution in [0.5, 0.6) is 5.75 Å². The number of ether oxygens (including phenoxy) is 1. The number of nitrogens with zero attached hydrogens (tertiary/aromatic N) is 2. The van der Waals surface area contributed by atoms with Gasteiger partial charge in [-0.2, -0.15) is 0 Å². The molecule has 1 fully saturated rings. The fourth-order valence-corrected chi connectivity index (χ4v) is 4.57. The maximum Gasteiger partial charge on any atom is 0.300 e. The van der Waals surface area contributed by atoms with Crippen molar-refractivity contribution >= 4 is 50.7 Å². The minimum Gasteiger partial charge on any atom is -0.507 e. The number of aliphatic hydroxyl groups is 1. The van der Waals surface area contributed by atoms with Crippen molar-refractivity contribution in [2.75, 3.05) is 12.0 Å². The number of hydrogen-bond donors (Lipinski definition) is 1. The molecule has 0 bridgehead atoms. The van der Waals surface area contributed by atoms with Gasteiger partial charge in [0.05, 0.1) is 29.3 Å². The molecular weight excluding hydrogens is 496 g/mol. The number of aryl methyl sites for hydroxylation is 1. The second kappa shape index (κ2) is 8.76. The van der Waals surface area contributed by atoms with Crippen molar-refractivity contribution < 1.29 is 19.4 Å². The molecule has 1 atom stereocenters. The molecule has 1 N–H and O–H groups in total. The number of ketones is 1. The topological polar surface area (TPSA) is 79.7 Å². The quantitative estimate of drug-likeness (QED) is 0.285. The molecule has 3 aromatic rings. The van der Waals surface area contributed by atoms with Crippen LogP contribution < -0.4 is 9.64 Å². The number of carbonyl (C=O) groups excluding carboxylic acids is 2.